The molecule has 3 heterocycles. The number of phenols is 1. The van der Waals surface area contributed by atoms with E-state index in [4.69, 9.17) is 9.72 Å². The molecule has 2 aromatic rings. The van der Waals surface area contributed by atoms with Crippen LogP contribution in [0.5, 0.6) is 5.75 Å². The third-order valence-corrected chi connectivity index (χ3v) is 9.89. The van der Waals surface area contributed by atoms with E-state index >= 15 is 0 Å². The van der Waals surface area contributed by atoms with E-state index in [0.717, 1.165) is 58.5 Å². The Labute approximate surface area is 215 Å². The Balaban J connectivity index is 1.16. The van der Waals surface area contributed by atoms with Crippen molar-refractivity contribution in [2.45, 2.75) is 43.9 Å². The molecule has 0 atom stereocenters. The van der Waals surface area contributed by atoms with Crippen LogP contribution in [0.2, 0.25) is 0 Å². The fourth-order valence-corrected chi connectivity index (χ4v) is 8.63. The normalized spacial score (nSPS) is 32.4. The number of nitrogens with zero attached hydrogens (tertiary/aromatic N) is 3. The van der Waals surface area contributed by atoms with Gasteiger partial charge in [-0.25, -0.2) is 4.98 Å². The number of aromatic hydroxyl groups is 1. The fourth-order valence-electron chi connectivity index (χ4n) is 7.68. The topological polar surface area (TPSA) is 75.0 Å². The molecule has 0 spiro atoms. The van der Waals surface area contributed by atoms with Gasteiger partial charge in [-0.2, -0.15) is 4.99 Å². The van der Waals surface area contributed by atoms with Gasteiger partial charge in [-0.05, 0) is 110 Å². The summed E-state index contributed by atoms with van der Waals surface area (Å²) in [7, 11) is 0. The van der Waals surface area contributed by atoms with Crippen molar-refractivity contribution in [3.05, 3.63) is 52.6 Å². The van der Waals surface area contributed by atoms with E-state index in [0.29, 0.717) is 23.9 Å². The number of benzene rings is 1. The highest BCUT2D eigenvalue weighted by Gasteiger charge is 2.52. The highest BCUT2D eigenvalue weighted by atomic mass is 32.2. The van der Waals surface area contributed by atoms with E-state index < -0.39 is 0 Å². The van der Waals surface area contributed by atoms with E-state index in [2.05, 4.69) is 16.0 Å². The molecule has 0 unspecified atom stereocenters. The molecule has 7 heteroatoms. The van der Waals surface area contributed by atoms with E-state index in [-0.39, 0.29) is 11.3 Å². The number of hydrogen-bond acceptors (Lipinski definition) is 6. The molecular weight excluding hydrogens is 470 g/mol. The van der Waals surface area contributed by atoms with Gasteiger partial charge in [0.2, 0.25) is 0 Å². The second-order valence-corrected chi connectivity index (χ2v) is 12.3. The first kappa shape index (κ1) is 22.5. The van der Waals surface area contributed by atoms with Crippen molar-refractivity contribution < 1.29 is 14.6 Å². The van der Waals surface area contributed by atoms with E-state index in [1.54, 1.807) is 0 Å². The molecule has 0 radical (unpaired) electrons. The lowest BCUT2D eigenvalue weighted by molar-refractivity contribution is -0.113. The number of aromatic nitrogens is 1. The van der Waals surface area contributed by atoms with Gasteiger partial charge in [0.15, 0.2) is 5.17 Å². The lowest BCUT2D eigenvalue weighted by Crippen LogP contribution is -2.48. The molecule has 4 saturated carbocycles. The van der Waals surface area contributed by atoms with Crippen molar-refractivity contribution in [1.82, 2.24) is 9.88 Å². The Morgan fingerprint density at radius 3 is 2.47 bits per heavy atom. The molecular formula is C29H31N3O3S. The molecule has 4 aliphatic carbocycles. The zero-order chi connectivity index (χ0) is 24.3. The zero-order valence-electron chi connectivity index (χ0n) is 20.4. The smallest absolute Gasteiger partial charge is 0.286 e. The predicted octanol–water partition coefficient (Wildman–Crippen LogP) is 5.22. The van der Waals surface area contributed by atoms with Gasteiger partial charge in [0.25, 0.3) is 5.91 Å². The van der Waals surface area contributed by atoms with E-state index in [1.807, 2.05) is 36.4 Å². The van der Waals surface area contributed by atoms with Crippen LogP contribution in [0, 0.1) is 17.8 Å². The summed E-state index contributed by atoms with van der Waals surface area (Å²) in [6.07, 6.45) is 9.61. The number of hydrogen-bond donors (Lipinski definition) is 1. The summed E-state index contributed by atoms with van der Waals surface area (Å²) >= 11 is 1.42. The van der Waals surface area contributed by atoms with Crippen LogP contribution < -0.4 is 0 Å². The van der Waals surface area contributed by atoms with E-state index in [9.17, 15) is 9.90 Å². The Kier molecular flexibility index (Phi) is 5.47. The minimum absolute atomic E-state index is 0.120. The van der Waals surface area contributed by atoms with Crippen LogP contribution in [-0.4, -0.2) is 52.4 Å². The van der Waals surface area contributed by atoms with Crippen molar-refractivity contribution >= 4 is 28.9 Å². The van der Waals surface area contributed by atoms with Gasteiger partial charge in [-0.15, -0.1) is 0 Å². The summed E-state index contributed by atoms with van der Waals surface area (Å²) in [6, 6.07) is 11.9. The summed E-state index contributed by atoms with van der Waals surface area (Å²) in [5, 5.41) is 11.7. The maximum absolute atomic E-state index is 12.6. The highest BCUT2D eigenvalue weighted by Crippen LogP contribution is 2.62. The number of amides is 1. The molecule has 6 aliphatic rings. The molecule has 1 saturated heterocycles. The number of thioether (sulfide) groups is 1. The number of pyridine rings is 1. The van der Waals surface area contributed by atoms with Crippen LogP contribution in [0.4, 0.5) is 0 Å². The van der Waals surface area contributed by atoms with Crippen molar-refractivity contribution in [3.8, 4) is 17.0 Å². The van der Waals surface area contributed by atoms with Gasteiger partial charge in [0, 0.05) is 24.2 Å². The third kappa shape index (κ3) is 3.97. The molecule has 1 aromatic heterocycles. The third-order valence-electron chi connectivity index (χ3n) is 8.84. The SMILES string of the molecule is O=C1N=C(N2CCOCC2)SC1=Cc1cccc(-c2ccc(O)c(C34CC5CC(CC(C5)C3)C4)c2)n1. The second-order valence-electron chi connectivity index (χ2n) is 11.3. The van der Waals surface area contributed by atoms with Crippen LogP contribution in [0.25, 0.3) is 17.3 Å². The molecule has 36 heavy (non-hydrogen) atoms. The maximum Gasteiger partial charge on any atom is 0.286 e. The van der Waals surface area contributed by atoms with Gasteiger partial charge >= 0.3 is 0 Å². The molecule has 6 nitrogen and oxygen atoms in total. The number of rotatable bonds is 3. The van der Waals surface area contributed by atoms with Gasteiger partial charge < -0.3 is 14.7 Å². The van der Waals surface area contributed by atoms with Crippen LogP contribution in [-0.2, 0) is 14.9 Å². The summed E-state index contributed by atoms with van der Waals surface area (Å²) in [5.41, 5.74) is 3.87. The first-order valence-corrected chi connectivity index (χ1v) is 14.0. The largest absolute Gasteiger partial charge is 0.508 e. The summed E-state index contributed by atoms with van der Waals surface area (Å²) in [4.78, 5) is 24.4. The number of carbonyl (C=O) groups excluding carboxylic acids is 1. The quantitative estimate of drug-likeness (QED) is 0.581. The molecule has 186 valence electrons. The average Bonchev–Trinajstić information content (AvgIpc) is 3.24. The summed E-state index contributed by atoms with van der Waals surface area (Å²) in [6.45, 7) is 2.84. The molecule has 1 amide bonds. The molecule has 1 aromatic carbocycles. The second kappa shape index (κ2) is 8.73. The maximum atomic E-state index is 12.6. The van der Waals surface area contributed by atoms with Crippen LogP contribution in [0.15, 0.2) is 46.3 Å². The Bertz CT molecular complexity index is 1240. The van der Waals surface area contributed by atoms with Crippen molar-refractivity contribution in [3.63, 3.8) is 0 Å². The van der Waals surface area contributed by atoms with Gasteiger partial charge in [-0.3, -0.25) is 4.79 Å². The first-order valence-electron chi connectivity index (χ1n) is 13.2. The average molecular weight is 502 g/mol. The number of morpholine rings is 1. The summed E-state index contributed by atoms with van der Waals surface area (Å²) in [5.74, 6) is 2.68. The van der Waals surface area contributed by atoms with Crippen molar-refractivity contribution in [2.75, 3.05) is 26.3 Å². The number of amidine groups is 1. The zero-order valence-corrected chi connectivity index (χ0v) is 21.2. The van der Waals surface area contributed by atoms with Crippen LogP contribution >= 0.6 is 11.8 Å². The minimum Gasteiger partial charge on any atom is -0.508 e. The predicted molar refractivity (Wildman–Crippen MR) is 142 cm³/mol. The van der Waals surface area contributed by atoms with E-state index in [1.165, 1.54) is 50.3 Å². The molecule has 1 N–H and O–H groups in total. The molecule has 8 rings (SSSR count). The number of ether oxygens (including phenoxy) is 1. The number of aliphatic imine (C=N–C) groups is 1. The lowest BCUT2D eigenvalue weighted by atomic mass is 9.48. The standard InChI is InChI=1S/C29H31N3O3S/c33-25-5-4-21(13-23(25)29-15-18-10-19(16-29)12-20(11-18)17-29)24-3-1-2-22(30-24)14-26-27(34)31-28(36-26)32-6-8-35-9-7-32/h1-5,13-14,18-20,33H,6-12,15-17H2. The Morgan fingerprint density at radius 1 is 1.03 bits per heavy atom. The van der Waals surface area contributed by atoms with Crippen LogP contribution in [0.3, 0.4) is 0 Å². The first-order chi connectivity index (χ1) is 17.5. The van der Waals surface area contributed by atoms with Gasteiger partial charge in [-0.1, -0.05) is 6.07 Å². The summed E-state index contributed by atoms with van der Waals surface area (Å²) < 4.78 is 5.42. The highest BCUT2D eigenvalue weighted by molar-refractivity contribution is 8.18. The number of carbonyl (C=O) groups is 1. The monoisotopic (exact) mass is 501 g/mol. The van der Waals surface area contributed by atoms with Gasteiger partial charge in [0.1, 0.15) is 5.75 Å². The fraction of sp³-hybridized carbons (Fsp3) is 0.483. The molecule has 4 bridgehead atoms. The molecule has 5 fully saturated rings. The number of phenolic OH excluding ortho intramolecular Hbond substituents is 1. The van der Waals surface area contributed by atoms with Crippen LogP contribution in [0.1, 0.15) is 49.8 Å². The van der Waals surface area contributed by atoms with Crippen molar-refractivity contribution in [2.24, 2.45) is 22.7 Å². The minimum atomic E-state index is -0.206. The van der Waals surface area contributed by atoms with Crippen molar-refractivity contribution in [1.29, 1.82) is 0 Å². The Hall–Kier alpha value is -2.64. The molecule has 2 aliphatic heterocycles. The van der Waals surface area contributed by atoms with Gasteiger partial charge in [0.05, 0.1) is 29.5 Å². The Morgan fingerprint density at radius 2 is 1.75 bits per heavy atom. The lowest BCUT2D eigenvalue weighted by Gasteiger charge is -2.57.